The van der Waals surface area contributed by atoms with Crippen molar-refractivity contribution in [2.24, 2.45) is 0 Å². The maximum Gasteiger partial charge on any atom is 0.296 e. The van der Waals surface area contributed by atoms with E-state index in [4.69, 9.17) is 14.0 Å². The molecule has 156 valence electrons. The molecule has 9 nitrogen and oxygen atoms in total. The maximum atomic E-state index is 12.8. The molecule has 0 unspecified atom stereocenters. The van der Waals surface area contributed by atoms with Crippen LogP contribution >= 0.6 is 0 Å². The summed E-state index contributed by atoms with van der Waals surface area (Å²) in [6.45, 7) is 5.66. The van der Waals surface area contributed by atoms with E-state index in [0.717, 1.165) is 11.1 Å². The Hall–Kier alpha value is -3.88. The Morgan fingerprint density at radius 1 is 1.23 bits per heavy atom. The Labute approximate surface area is 172 Å². The van der Waals surface area contributed by atoms with E-state index in [9.17, 15) is 14.9 Å². The zero-order valence-electron chi connectivity index (χ0n) is 17.0. The lowest BCUT2D eigenvalue weighted by molar-refractivity contribution is -0.384. The Bertz CT molecular complexity index is 1110. The Morgan fingerprint density at radius 3 is 2.70 bits per heavy atom. The zero-order chi connectivity index (χ0) is 21.8. The van der Waals surface area contributed by atoms with Crippen LogP contribution in [0.3, 0.4) is 0 Å². The van der Waals surface area contributed by atoms with Crippen LogP contribution in [0.2, 0.25) is 0 Å². The van der Waals surface area contributed by atoms with E-state index in [1.54, 1.807) is 6.92 Å². The van der Waals surface area contributed by atoms with Crippen molar-refractivity contribution in [1.29, 1.82) is 0 Å². The van der Waals surface area contributed by atoms with Crippen LogP contribution in [0.1, 0.15) is 32.9 Å². The fourth-order valence-corrected chi connectivity index (χ4v) is 2.85. The van der Waals surface area contributed by atoms with Gasteiger partial charge in [-0.15, -0.1) is 0 Å². The highest BCUT2D eigenvalue weighted by atomic mass is 16.6. The summed E-state index contributed by atoms with van der Waals surface area (Å²) < 4.78 is 16.0. The molecule has 3 rings (SSSR count). The Balaban J connectivity index is 1.83. The normalized spacial score (nSPS) is 10.5. The molecule has 0 saturated carbocycles. The van der Waals surface area contributed by atoms with Crippen LogP contribution < -0.4 is 14.8 Å². The van der Waals surface area contributed by atoms with Gasteiger partial charge in [0, 0.05) is 0 Å². The molecule has 0 aliphatic rings. The molecule has 0 radical (unpaired) electrons. The maximum absolute atomic E-state index is 12.8. The fourth-order valence-electron chi connectivity index (χ4n) is 2.85. The fraction of sp³-hybridized carbons (Fsp3) is 0.238. The molecule has 9 heteroatoms. The average Bonchev–Trinajstić information content (AvgIpc) is 3.09. The molecule has 0 saturated heterocycles. The molecule has 0 aliphatic carbocycles. The number of ether oxygens (including phenoxy) is 2. The molecule has 30 heavy (non-hydrogen) atoms. The van der Waals surface area contributed by atoms with Crippen LogP contribution in [-0.2, 0) is 6.61 Å². The van der Waals surface area contributed by atoms with Gasteiger partial charge in [-0.3, -0.25) is 14.9 Å². The lowest BCUT2D eigenvalue weighted by atomic mass is 10.1. The third kappa shape index (κ3) is 4.24. The molecule has 0 fully saturated rings. The van der Waals surface area contributed by atoms with E-state index < -0.39 is 10.8 Å². The SMILES string of the molecule is COc1ccc(NC(=O)c2noc(C)c2COc2cccc(C)c2C)c([N+](=O)[O-])c1. The van der Waals surface area contributed by atoms with Crippen molar-refractivity contribution < 1.29 is 23.7 Å². The van der Waals surface area contributed by atoms with Gasteiger partial charge in [-0.05, 0) is 50.1 Å². The summed E-state index contributed by atoms with van der Waals surface area (Å²) in [6.07, 6.45) is 0. The molecule has 1 aromatic heterocycles. The standard InChI is InChI=1S/C21H21N3O6/c1-12-6-5-7-19(13(12)2)29-11-16-14(3)30-23-20(16)21(25)22-17-9-8-15(28-4)10-18(17)24(26)27/h5-10H,11H2,1-4H3,(H,22,25). The number of anilines is 1. The number of methoxy groups -OCH3 is 1. The number of aromatic nitrogens is 1. The lowest BCUT2D eigenvalue weighted by Crippen LogP contribution is -2.16. The number of nitrogens with zero attached hydrogens (tertiary/aromatic N) is 2. The summed E-state index contributed by atoms with van der Waals surface area (Å²) >= 11 is 0. The van der Waals surface area contributed by atoms with Crippen molar-refractivity contribution in [3.8, 4) is 11.5 Å². The van der Waals surface area contributed by atoms with Crippen molar-refractivity contribution in [2.45, 2.75) is 27.4 Å². The number of nitro benzene ring substituents is 1. The third-order valence-electron chi connectivity index (χ3n) is 4.78. The van der Waals surface area contributed by atoms with Gasteiger partial charge in [-0.1, -0.05) is 17.3 Å². The van der Waals surface area contributed by atoms with Gasteiger partial charge in [0.1, 0.15) is 29.6 Å². The van der Waals surface area contributed by atoms with Gasteiger partial charge in [0.15, 0.2) is 5.69 Å². The summed E-state index contributed by atoms with van der Waals surface area (Å²) in [5, 5.41) is 17.7. The highest BCUT2D eigenvalue weighted by Gasteiger charge is 2.24. The van der Waals surface area contributed by atoms with E-state index >= 15 is 0 Å². The minimum absolute atomic E-state index is 0.00271. The summed E-state index contributed by atoms with van der Waals surface area (Å²) in [5.41, 5.74) is 2.27. The van der Waals surface area contributed by atoms with Crippen LogP contribution in [0.4, 0.5) is 11.4 Å². The van der Waals surface area contributed by atoms with Crippen LogP contribution in [0.25, 0.3) is 0 Å². The number of benzene rings is 2. The van der Waals surface area contributed by atoms with Crippen LogP contribution in [0, 0.1) is 30.9 Å². The monoisotopic (exact) mass is 411 g/mol. The lowest BCUT2D eigenvalue weighted by Gasteiger charge is -2.11. The van der Waals surface area contributed by atoms with E-state index in [0.29, 0.717) is 22.8 Å². The molecular formula is C21H21N3O6. The van der Waals surface area contributed by atoms with Gasteiger partial charge >= 0.3 is 0 Å². The quantitative estimate of drug-likeness (QED) is 0.454. The molecule has 0 bridgehead atoms. The van der Waals surface area contributed by atoms with Crippen molar-refractivity contribution in [3.63, 3.8) is 0 Å². The van der Waals surface area contributed by atoms with Gasteiger partial charge in [0.2, 0.25) is 0 Å². The minimum atomic E-state index is -0.639. The van der Waals surface area contributed by atoms with Gasteiger partial charge < -0.3 is 19.3 Å². The second kappa shape index (κ2) is 8.64. The van der Waals surface area contributed by atoms with Crippen molar-refractivity contribution in [1.82, 2.24) is 5.16 Å². The summed E-state index contributed by atoms with van der Waals surface area (Å²) in [7, 11) is 1.40. The first kappa shape index (κ1) is 20.8. The molecule has 0 aliphatic heterocycles. The molecule has 1 amide bonds. The molecule has 1 heterocycles. The first-order chi connectivity index (χ1) is 14.3. The number of carbonyl (C=O) groups is 1. The van der Waals surface area contributed by atoms with Crippen LogP contribution in [0.5, 0.6) is 11.5 Å². The molecule has 1 N–H and O–H groups in total. The average molecular weight is 411 g/mol. The predicted molar refractivity (Wildman–Crippen MR) is 109 cm³/mol. The number of amides is 1. The van der Waals surface area contributed by atoms with Crippen molar-refractivity contribution in [3.05, 3.63) is 74.7 Å². The number of aryl methyl sites for hydroxylation is 2. The number of hydrogen-bond donors (Lipinski definition) is 1. The van der Waals surface area contributed by atoms with Crippen LogP contribution in [-0.4, -0.2) is 23.1 Å². The second-order valence-corrected chi connectivity index (χ2v) is 6.65. The predicted octanol–water partition coefficient (Wildman–Crippen LogP) is 4.35. The summed E-state index contributed by atoms with van der Waals surface area (Å²) in [5.74, 6) is 0.779. The molecule has 0 atom stereocenters. The number of rotatable bonds is 7. The number of nitro groups is 1. The largest absolute Gasteiger partial charge is 0.496 e. The van der Waals surface area contributed by atoms with Gasteiger partial charge in [0.25, 0.3) is 11.6 Å². The van der Waals surface area contributed by atoms with Crippen molar-refractivity contribution >= 4 is 17.3 Å². The minimum Gasteiger partial charge on any atom is -0.496 e. The highest BCUT2D eigenvalue weighted by molar-refractivity contribution is 6.05. The second-order valence-electron chi connectivity index (χ2n) is 6.65. The number of hydrogen-bond acceptors (Lipinski definition) is 7. The van der Waals surface area contributed by atoms with Crippen LogP contribution in [0.15, 0.2) is 40.9 Å². The van der Waals surface area contributed by atoms with Crippen molar-refractivity contribution in [2.75, 3.05) is 12.4 Å². The number of carbonyl (C=O) groups excluding carboxylic acids is 1. The van der Waals surface area contributed by atoms with Gasteiger partial charge in [-0.25, -0.2) is 0 Å². The highest BCUT2D eigenvalue weighted by Crippen LogP contribution is 2.30. The Morgan fingerprint density at radius 2 is 2.00 bits per heavy atom. The molecular weight excluding hydrogens is 390 g/mol. The van der Waals surface area contributed by atoms with Gasteiger partial charge in [0.05, 0.1) is 23.7 Å². The molecule has 3 aromatic rings. The third-order valence-corrected chi connectivity index (χ3v) is 4.78. The summed E-state index contributed by atoms with van der Waals surface area (Å²) in [4.78, 5) is 23.5. The van der Waals surface area contributed by atoms with E-state index in [1.807, 2.05) is 32.0 Å². The number of nitrogens with one attached hydrogen (secondary N) is 1. The molecule has 2 aromatic carbocycles. The molecule has 0 spiro atoms. The smallest absolute Gasteiger partial charge is 0.296 e. The van der Waals surface area contributed by atoms with E-state index in [1.165, 1.54) is 25.3 Å². The first-order valence-electron chi connectivity index (χ1n) is 9.09. The first-order valence-corrected chi connectivity index (χ1v) is 9.09. The van der Waals surface area contributed by atoms with E-state index in [2.05, 4.69) is 10.5 Å². The Kier molecular flexibility index (Phi) is 6.01. The van der Waals surface area contributed by atoms with Gasteiger partial charge in [-0.2, -0.15) is 0 Å². The zero-order valence-corrected chi connectivity index (χ0v) is 17.0. The topological polar surface area (TPSA) is 117 Å². The summed E-state index contributed by atoms with van der Waals surface area (Å²) in [6, 6.07) is 9.84. The van der Waals surface area contributed by atoms with E-state index in [-0.39, 0.29) is 23.7 Å².